The third-order valence-electron chi connectivity index (χ3n) is 13.4. The molecule has 74 heavy (non-hydrogen) atoms. The smallest absolute Gasteiger partial charge is 0.159 e. The maximum atomic E-state index is 14.1. The average molecular weight is 1030 g/mol. The van der Waals surface area contributed by atoms with Gasteiger partial charge in [-0.3, -0.25) is 9.80 Å². The number of phenols is 1. The molecule has 386 valence electrons. The Morgan fingerprint density at radius 1 is 0.419 bits per heavy atom. The summed E-state index contributed by atoms with van der Waals surface area (Å²) in [6.07, 6.45) is 10.3. The highest BCUT2D eigenvalue weighted by atomic mass is 35.5. The molecular formula is C61H61ClF4N2O6. The summed E-state index contributed by atoms with van der Waals surface area (Å²) in [5.41, 5.74) is 2.30. The van der Waals surface area contributed by atoms with E-state index in [2.05, 4.69) is 9.80 Å². The van der Waals surface area contributed by atoms with Crippen LogP contribution in [-0.2, 0) is 0 Å². The van der Waals surface area contributed by atoms with Crippen molar-refractivity contribution in [1.29, 1.82) is 0 Å². The van der Waals surface area contributed by atoms with Crippen LogP contribution in [0.4, 0.5) is 17.6 Å². The molecular weight excluding hydrogens is 968 g/mol. The van der Waals surface area contributed by atoms with Crippen LogP contribution < -0.4 is 23.7 Å². The maximum absolute atomic E-state index is 14.1. The first-order valence-corrected chi connectivity index (χ1v) is 25.2. The molecule has 2 aliphatic heterocycles. The number of benzene rings is 8. The van der Waals surface area contributed by atoms with E-state index >= 15 is 0 Å². The maximum Gasteiger partial charge on any atom is 0.159 e. The van der Waals surface area contributed by atoms with E-state index < -0.39 is 23.3 Å². The standard InChI is InChI=1S/C31H31F2NO3.C30H29F2NO3.ClH/c1-35-26-12-14-28-22(20-26)6-13-27(23-7-15-29(32)30(33)21-23)31(28)37-25-10-8-24(9-11-25)36-19-18-34-16-4-2-3-5-17-34;31-28-14-6-22(20-29(28)32)26-12-5-21-19-23(34)7-13-27(21)30(26)36-25-10-8-24(9-11-25)35-18-17-33-15-3-1-2-4-16-33;/h6-15,20-21H,2-5,16-19H2,1H3;5-14,19-20,34H,1-4,15-18H2;1H. The summed E-state index contributed by atoms with van der Waals surface area (Å²) in [6.45, 7) is 7.69. The molecule has 2 saturated heterocycles. The number of methoxy groups -OCH3 is 1. The number of hydrogen-bond acceptors (Lipinski definition) is 8. The fourth-order valence-corrected chi connectivity index (χ4v) is 9.45. The van der Waals surface area contributed by atoms with Crippen molar-refractivity contribution in [2.45, 2.75) is 51.4 Å². The predicted molar refractivity (Wildman–Crippen MR) is 288 cm³/mol. The SMILES string of the molecule is COc1ccc2c(Oc3ccc(OCCN4CCCCCC4)cc3)c(-c3ccc(F)c(F)c3)ccc2c1.Cl.Oc1ccc2c(Oc3ccc(OCCN4CCCCCC4)cc3)c(-c3ccc(F)c(F)c3)ccc2c1. The minimum atomic E-state index is -0.925. The lowest BCUT2D eigenvalue weighted by atomic mass is 9.99. The van der Waals surface area contributed by atoms with Crippen molar-refractivity contribution < 1.29 is 46.4 Å². The van der Waals surface area contributed by atoms with E-state index in [0.29, 0.717) is 58.5 Å². The number of halogens is 5. The van der Waals surface area contributed by atoms with E-state index in [4.69, 9.17) is 23.7 Å². The number of nitrogens with zero attached hydrogens (tertiary/aromatic N) is 2. The van der Waals surface area contributed by atoms with E-state index in [1.807, 2.05) is 84.9 Å². The quantitative estimate of drug-likeness (QED) is 0.102. The molecule has 0 atom stereocenters. The van der Waals surface area contributed by atoms with Crippen LogP contribution in [0.1, 0.15) is 51.4 Å². The van der Waals surface area contributed by atoms with Gasteiger partial charge in [0.05, 0.1) is 7.11 Å². The fourth-order valence-electron chi connectivity index (χ4n) is 9.45. The fraction of sp³-hybridized carbons (Fsp3) is 0.279. The van der Waals surface area contributed by atoms with Gasteiger partial charge in [-0.15, -0.1) is 12.4 Å². The van der Waals surface area contributed by atoms with Gasteiger partial charge in [0.25, 0.3) is 0 Å². The second kappa shape index (κ2) is 25.8. The van der Waals surface area contributed by atoms with Crippen molar-refractivity contribution in [3.63, 3.8) is 0 Å². The normalized spacial score (nSPS) is 14.2. The molecule has 8 nitrogen and oxygen atoms in total. The summed E-state index contributed by atoms with van der Waals surface area (Å²) >= 11 is 0. The molecule has 2 fully saturated rings. The van der Waals surface area contributed by atoms with Crippen LogP contribution in [0.15, 0.2) is 146 Å². The molecule has 0 unspecified atom stereocenters. The molecule has 0 aliphatic carbocycles. The predicted octanol–water partition coefficient (Wildman–Crippen LogP) is 15.8. The number of aromatic hydroxyl groups is 1. The number of likely N-dealkylation sites (tertiary alicyclic amines) is 2. The molecule has 1 N–H and O–H groups in total. The molecule has 0 aromatic heterocycles. The molecule has 0 radical (unpaired) electrons. The Hall–Kier alpha value is -6.99. The lowest BCUT2D eigenvalue weighted by Gasteiger charge is -2.19. The highest BCUT2D eigenvalue weighted by Gasteiger charge is 2.18. The van der Waals surface area contributed by atoms with E-state index in [0.717, 1.165) is 96.3 Å². The molecule has 0 amide bonds. The third kappa shape index (κ3) is 13.8. The second-order valence-electron chi connectivity index (χ2n) is 18.5. The van der Waals surface area contributed by atoms with E-state index in [-0.39, 0.29) is 18.2 Å². The first kappa shape index (κ1) is 53.3. The summed E-state index contributed by atoms with van der Waals surface area (Å²) in [4.78, 5) is 4.93. The van der Waals surface area contributed by atoms with Gasteiger partial charge in [-0.2, -0.15) is 0 Å². The molecule has 8 aromatic rings. The van der Waals surface area contributed by atoms with Crippen molar-refractivity contribution in [3.05, 3.63) is 169 Å². The molecule has 2 heterocycles. The van der Waals surface area contributed by atoms with Gasteiger partial charge in [0.15, 0.2) is 23.3 Å². The number of ether oxygens (including phenoxy) is 5. The third-order valence-corrected chi connectivity index (χ3v) is 13.4. The zero-order chi connectivity index (χ0) is 50.5. The second-order valence-corrected chi connectivity index (χ2v) is 18.5. The topological polar surface area (TPSA) is 72.9 Å². The number of phenolic OH excluding ortho intramolecular Hbond substituents is 1. The van der Waals surface area contributed by atoms with Crippen LogP contribution in [0.5, 0.6) is 46.0 Å². The Bertz CT molecular complexity index is 3110. The monoisotopic (exact) mass is 1030 g/mol. The molecule has 8 aromatic carbocycles. The van der Waals surface area contributed by atoms with Gasteiger partial charge in [-0.05, 0) is 195 Å². The number of fused-ring (bicyclic) bond motifs is 2. The molecule has 0 bridgehead atoms. The number of hydrogen-bond donors (Lipinski definition) is 1. The first-order chi connectivity index (χ1) is 35.7. The zero-order valence-electron chi connectivity index (χ0n) is 41.5. The Labute approximate surface area is 436 Å². The van der Waals surface area contributed by atoms with Crippen LogP contribution in [0, 0.1) is 23.3 Å². The van der Waals surface area contributed by atoms with E-state index in [1.54, 1.807) is 37.4 Å². The van der Waals surface area contributed by atoms with Crippen LogP contribution in [-0.4, -0.2) is 74.5 Å². The molecule has 0 saturated carbocycles. The molecule has 13 heteroatoms. The lowest BCUT2D eigenvalue weighted by molar-refractivity contribution is 0.214. The average Bonchev–Trinajstić information content (AvgIpc) is 3.85. The Morgan fingerprint density at radius 2 is 0.824 bits per heavy atom. The Balaban J connectivity index is 0.000000194. The highest BCUT2D eigenvalue weighted by molar-refractivity contribution is 5.97. The first-order valence-electron chi connectivity index (χ1n) is 25.2. The van der Waals surface area contributed by atoms with Crippen molar-refractivity contribution in [1.82, 2.24) is 9.80 Å². The molecule has 2 aliphatic rings. The van der Waals surface area contributed by atoms with E-state index in [1.165, 1.54) is 63.5 Å². The van der Waals surface area contributed by atoms with Crippen molar-refractivity contribution in [2.75, 3.05) is 59.6 Å². The summed E-state index contributed by atoms with van der Waals surface area (Å²) in [6, 6.07) is 40.6. The summed E-state index contributed by atoms with van der Waals surface area (Å²) < 4.78 is 85.2. The summed E-state index contributed by atoms with van der Waals surface area (Å²) in [7, 11) is 1.62. The van der Waals surface area contributed by atoms with Crippen molar-refractivity contribution in [2.24, 2.45) is 0 Å². The van der Waals surface area contributed by atoms with Crippen molar-refractivity contribution >= 4 is 34.0 Å². The Kier molecular flexibility index (Phi) is 18.6. The highest BCUT2D eigenvalue weighted by Crippen LogP contribution is 2.43. The van der Waals surface area contributed by atoms with E-state index in [9.17, 15) is 22.7 Å². The number of rotatable bonds is 15. The summed E-state index contributed by atoms with van der Waals surface area (Å²) in [5, 5.41) is 13.2. The largest absolute Gasteiger partial charge is 0.508 e. The van der Waals surface area contributed by atoms with Crippen LogP contribution >= 0.6 is 12.4 Å². The van der Waals surface area contributed by atoms with Gasteiger partial charge < -0.3 is 28.8 Å². The van der Waals surface area contributed by atoms with Gasteiger partial charge in [0, 0.05) is 35.0 Å². The van der Waals surface area contributed by atoms with Gasteiger partial charge in [-0.25, -0.2) is 17.6 Å². The van der Waals surface area contributed by atoms with Crippen molar-refractivity contribution in [3.8, 4) is 68.2 Å². The Morgan fingerprint density at radius 3 is 1.26 bits per heavy atom. The van der Waals surface area contributed by atoms with Gasteiger partial charge >= 0.3 is 0 Å². The van der Waals surface area contributed by atoms with Gasteiger partial charge in [0.1, 0.15) is 59.2 Å². The van der Waals surface area contributed by atoms with Crippen LogP contribution in [0.2, 0.25) is 0 Å². The lowest BCUT2D eigenvalue weighted by Crippen LogP contribution is -2.29. The zero-order valence-corrected chi connectivity index (χ0v) is 42.3. The van der Waals surface area contributed by atoms with Gasteiger partial charge in [-0.1, -0.05) is 49.9 Å². The van der Waals surface area contributed by atoms with Crippen LogP contribution in [0.25, 0.3) is 43.8 Å². The molecule has 10 rings (SSSR count). The minimum absolute atomic E-state index is 0. The minimum Gasteiger partial charge on any atom is -0.508 e. The van der Waals surface area contributed by atoms with Gasteiger partial charge in [0.2, 0.25) is 0 Å². The summed E-state index contributed by atoms with van der Waals surface area (Å²) in [5.74, 6) is 1.04. The van der Waals surface area contributed by atoms with Crippen LogP contribution in [0.3, 0.4) is 0 Å². The molecule has 0 spiro atoms.